The Balaban J connectivity index is 2.13. The Hall–Kier alpha value is -2.25. The molecular weight excluding hydrogens is 283 g/mol. The van der Waals surface area contributed by atoms with Gasteiger partial charge in [0.25, 0.3) is 5.91 Å². The molecule has 0 unspecified atom stereocenters. The van der Waals surface area contributed by atoms with Crippen molar-refractivity contribution in [2.45, 2.75) is 6.61 Å². The first-order valence-electron chi connectivity index (χ1n) is 5.60. The molecule has 0 atom stereocenters. The second-order valence-electron chi connectivity index (χ2n) is 3.88. The van der Waals surface area contributed by atoms with E-state index in [-0.39, 0.29) is 17.9 Å². The van der Waals surface area contributed by atoms with Crippen LogP contribution < -0.4 is 16.0 Å². The number of nitrogens with one attached hydrogen (secondary N) is 1. The fourth-order valence-electron chi connectivity index (χ4n) is 1.61. The molecule has 1 heterocycles. The Labute approximate surface area is 118 Å². The average molecular weight is 294 g/mol. The highest BCUT2D eigenvalue weighted by Crippen LogP contribution is 2.21. The largest absolute Gasteiger partial charge is 0.489 e. The molecule has 20 heavy (non-hydrogen) atoms. The maximum atomic E-state index is 13.2. The van der Waals surface area contributed by atoms with Gasteiger partial charge in [0.05, 0.1) is 4.88 Å². The number of benzene rings is 1. The Bertz CT molecular complexity index is 642. The van der Waals surface area contributed by atoms with Gasteiger partial charge in [-0.15, -0.1) is 11.3 Å². The predicted molar refractivity (Wildman–Crippen MR) is 72.1 cm³/mol. The summed E-state index contributed by atoms with van der Waals surface area (Å²) in [6.45, 7) is 0.0774. The minimum absolute atomic E-state index is 0.0774. The molecule has 1 aromatic heterocycles. The van der Waals surface area contributed by atoms with E-state index in [9.17, 15) is 14.0 Å². The second kappa shape index (κ2) is 6.27. The molecule has 1 aromatic carbocycles. The third-order valence-electron chi connectivity index (χ3n) is 2.51. The van der Waals surface area contributed by atoms with Crippen LogP contribution in [0.1, 0.15) is 25.6 Å². The molecule has 3 N–H and O–H groups in total. The summed E-state index contributed by atoms with van der Waals surface area (Å²) in [7, 11) is 0. The summed E-state index contributed by atoms with van der Waals surface area (Å²) in [5.74, 6) is 4.32. The Morgan fingerprint density at radius 3 is 2.95 bits per heavy atom. The highest BCUT2D eigenvalue weighted by Gasteiger charge is 2.12. The summed E-state index contributed by atoms with van der Waals surface area (Å²) in [6.07, 6.45) is 0.536. The van der Waals surface area contributed by atoms with E-state index >= 15 is 0 Å². The van der Waals surface area contributed by atoms with Crippen LogP contribution in [0.3, 0.4) is 0 Å². The van der Waals surface area contributed by atoms with E-state index in [4.69, 9.17) is 10.6 Å². The molecule has 2 aromatic rings. The normalized spacial score (nSPS) is 10.1. The van der Waals surface area contributed by atoms with Crippen molar-refractivity contribution >= 4 is 23.5 Å². The molecule has 0 radical (unpaired) electrons. The summed E-state index contributed by atoms with van der Waals surface area (Å²) in [6, 6.07) is 5.42. The van der Waals surface area contributed by atoms with Crippen LogP contribution in [0, 0.1) is 5.82 Å². The molecule has 0 spiro atoms. The van der Waals surface area contributed by atoms with Crippen molar-refractivity contribution in [2.75, 3.05) is 0 Å². The van der Waals surface area contributed by atoms with Gasteiger partial charge in [0.1, 0.15) is 24.5 Å². The van der Waals surface area contributed by atoms with Gasteiger partial charge in [0.2, 0.25) is 0 Å². The zero-order valence-corrected chi connectivity index (χ0v) is 11.1. The van der Waals surface area contributed by atoms with E-state index in [1.807, 2.05) is 5.43 Å². The van der Waals surface area contributed by atoms with E-state index in [1.165, 1.54) is 23.5 Å². The van der Waals surface area contributed by atoms with Crippen LogP contribution in [-0.2, 0) is 6.61 Å². The number of nitrogens with two attached hydrogens (primary N) is 1. The number of hydrogen-bond donors (Lipinski definition) is 2. The first-order chi connectivity index (χ1) is 9.63. The fourth-order valence-corrected chi connectivity index (χ4v) is 2.42. The average Bonchev–Trinajstić information content (AvgIpc) is 2.92. The van der Waals surface area contributed by atoms with Crippen molar-refractivity contribution in [3.05, 3.63) is 51.5 Å². The van der Waals surface area contributed by atoms with Gasteiger partial charge in [-0.05, 0) is 23.6 Å². The van der Waals surface area contributed by atoms with Gasteiger partial charge in [-0.1, -0.05) is 0 Å². The number of rotatable bonds is 5. The van der Waals surface area contributed by atoms with Crippen LogP contribution in [0.2, 0.25) is 0 Å². The summed E-state index contributed by atoms with van der Waals surface area (Å²) < 4.78 is 18.6. The molecule has 0 fully saturated rings. The molecule has 104 valence electrons. The van der Waals surface area contributed by atoms with E-state index in [0.29, 0.717) is 16.7 Å². The van der Waals surface area contributed by atoms with Crippen LogP contribution in [0.25, 0.3) is 0 Å². The van der Waals surface area contributed by atoms with Gasteiger partial charge >= 0.3 is 0 Å². The molecular formula is C13H11FN2O3S. The molecule has 0 bridgehead atoms. The maximum Gasteiger partial charge on any atom is 0.275 e. The molecule has 0 aliphatic heterocycles. The number of thiophene rings is 1. The number of carbonyl (C=O) groups excluding carboxylic acids is 2. The monoisotopic (exact) mass is 294 g/mol. The molecule has 2 rings (SSSR count). The SMILES string of the molecule is NNC(=O)c1sccc1COc1cc(F)cc(C=O)c1. The molecule has 0 aliphatic rings. The van der Waals surface area contributed by atoms with Crippen molar-refractivity contribution in [2.24, 2.45) is 5.84 Å². The molecule has 7 heteroatoms. The van der Waals surface area contributed by atoms with Crippen LogP contribution in [0.5, 0.6) is 5.75 Å². The lowest BCUT2D eigenvalue weighted by Crippen LogP contribution is -2.30. The quantitative estimate of drug-likeness (QED) is 0.382. The van der Waals surface area contributed by atoms with Gasteiger partial charge < -0.3 is 4.74 Å². The predicted octanol–water partition coefficient (Wildman–Crippen LogP) is 1.88. The van der Waals surface area contributed by atoms with E-state index < -0.39 is 11.7 Å². The maximum absolute atomic E-state index is 13.2. The van der Waals surface area contributed by atoms with Crippen molar-refractivity contribution in [3.8, 4) is 5.75 Å². The van der Waals surface area contributed by atoms with Gasteiger partial charge in [-0.2, -0.15) is 0 Å². The van der Waals surface area contributed by atoms with Crippen LogP contribution in [0.4, 0.5) is 4.39 Å². The number of nitrogen functional groups attached to an aromatic ring is 1. The molecule has 1 amide bonds. The van der Waals surface area contributed by atoms with Crippen molar-refractivity contribution in [1.82, 2.24) is 5.43 Å². The third-order valence-corrected chi connectivity index (χ3v) is 3.46. The van der Waals surface area contributed by atoms with Gasteiger partial charge in [0.15, 0.2) is 0 Å². The minimum Gasteiger partial charge on any atom is -0.489 e. The van der Waals surface area contributed by atoms with Crippen molar-refractivity contribution in [1.29, 1.82) is 0 Å². The lowest BCUT2D eigenvalue weighted by atomic mass is 10.2. The Kier molecular flexibility index (Phi) is 4.44. The molecule has 0 saturated carbocycles. The lowest BCUT2D eigenvalue weighted by Gasteiger charge is -2.07. The van der Waals surface area contributed by atoms with E-state index in [0.717, 1.165) is 6.07 Å². The molecule has 5 nitrogen and oxygen atoms in total. The highest BCUT2D eigenvalue weighted by atomic mass is 32.1. The number of hydrogen-bond acceptors (Lipinski definition) is 5. The number of hydrazine groups is 1. The summed E-state index contributed by atoms with van der Waals surface area (Å²) in [4.78, 5) is 22.5. The van der Waals surface area contributed by atoms with Crippen molar-refractivity contribution in [3.63, 3.8) is 0 Å². The van der Waals surface area contributed by atoms with Gasteiger partial charge in [-0.25, -0.2) is 10.2 Å². The van der Waals surface area contributed by atoms with E-state index in [2.05, 4.69) is 0 Å². The number of ether oxygens (including phenoxy) is 1. The third kappa shape index (κ3) is 3.19. The zero-order chi connectivity index (χ0) is 14.5. The number of carbonyl (C=O) groups is 2. The molecule has 0 saturated heterocycles. The first-order valence-corrected chi connectivity index (χ1v) is 6.48. The van der Waals surface area contributed by atoms with E-state index in [1.54, 1.807) is 11.4 Å². The van der Waals surface area contributed by atoms with Crippen LogP contribution >= 0.6 is 11.3 Å². The Morgan fingerprint density at radius 1 is 1.45 bits per heavy atom. The zero-order valence-electron chi connectivity index (χ0n) is 10.3. The van der Waals surface area contributed by atoms with Crippen molar-refractivity contribution < 1.29 is 18.7 Å². The topological polar surface area (TPSA) is 81.4 Å². The lowest BCUT2D eigenvalue weighted by molar-refractivity contribution is 0.0955. The highest BCUT2D eigenvalue weighted by molar-refractivity contribution is 7.12. The number of amides is 1. The summed E-state index contributed by atoms with van der Waals surface area (Å²) in [5, 5.41) is 1.73. The second-order valence-corrected chi connectivity index (χ2v) is 4.79. The minimum atomic E-state index is -0.560. The smallest absolute Gasteiger partial charge is 0.275 e. The Morgan fingerprint density at radius 2 is 2.25 bits per heavy atom. The van der Waals surface area contributed by atoms with Gasteiger partial charge in [-0.3, -0.25) is 15.0 Å². The van der Waals surface area contributed by atoms with Crippen LogP contribution in [-0.4, -0.2) is 12.2 Å². The summed E-state index contributed by atoms with van der Waals surface area (Å²) in [5.41, 5.74) is 2.86. The summed E-state index contributed by atoms with van der Waals surface area (Å²) >= 11 is 1.23. The van der Waals surface area contributed by atoms with Gasteiger partial charge in [0, 0.05) is 17.2 Å². The number of halogens is 1. The molecule has 0 aliphatic carbocycles. The number of aldehydes is 1. The fraction of sp³-hybridized carbons (Fsp3) is 0.0769. The standard InChI is InChI=1S/C13H11FN2O3S/c14-10-3-8(6-17)4-11(5-10)19-7-9-1-2-20-12(9)13(18)16-15/h1-6H,7,15H2,(H,16,18). The van der Waals surface area contributed by atoms with Crippen LogP contribution in [0.15, 0.2) is 29.6 Å². The first kappa shape index (κ1) is 14.2.